The van der Waals surface area contributed by atoms with Crippen molar-refractivity contribution < 1.29 is 19.4 Å². The van der Waals surface area contributed by atoms with Gasteiger partial charge in [-0.15, -0.1) is 0 Å². The van der Waals surface area contributed by atoms with Crippen LogP contribution in [0.4, 0.5) is 0 Å². The van der Waals surface area contributed by atoms with Gasteiger partial charge in [0.1, 0.15) is 0 Å². The second-order valence-corrected chi connectivity index (χ2v) is 7.41. The molecule has 1 N–H and O–H groups in total. The van der Waals surface area contributed by atoms with E-state index in [1.807, 2.05) is 34.6 Å². The molecule has 2 unspecified atom stereocenters. The SMILES string of the molecule is CCCCOC(=O)C(CCCC)(CC(C)C)C(C(=O)O)C(C)C. The van der Waals surface area contributed by atoms with E-state index in [4.69, 9.17) is 4.74 Å². The molecule has 0 saturated heterocycles. The average Bonchev–Trinajstić information content (AvgIpc) is 2.43. The normalized spacial score (nSPS) is 15.5. The van der Waals surface area contributed by atoms with Gasteiger partial charge in [0.25, 0.3) is 0 Å². The van der Waals surface area contributed by atoms with E-state index in [1.54, 1.807) is 0 Å². The third-order valence-corrected chi connectivity index (χ3v) is 4.41. The number of ether oxygens (including phenoxy) is 1. The minimum atomic E-state index is -0.919. The molecule has 0 aliphatic heterocycles. The molecular weight excluding hydrogens is 292 g/mol. The van der Waals surface area contributed by atoms with E-state index in [9.17, 15) is 14.7 Å². The largest absolute Gasteiger partial charge is 0.481 e. The Bertz CT molecular complexity index is 362. The second kappa shape index (κ2) is 10.7. The van der Waals surface area contributed by atoms with Crippen molar-refractivity contribution in [3.8, 4) is 0 Å². The van der Waals surface area contributed by atoms with Crippen LogP contribution >= 0.6 is 0 Å². The van der Waals surface area contributed by atoms with Gasteiger partial charge in [0.15, 0.2) is 0 Å². The quantitative estimate of drug-likeness (QED) is 0.408. The molecule has 2 atom stereocenters. The summed E-state index contributed by atoms with van der Waals surface area (Å²) >= 11 is 0. The summed E-state index contributed by atoms with van der Waals surface area (Å²) in [5.41, 5.74) is -0.919. The van der Waals surface area contributed by atoms with Crippen molar-refractivity contribution in [1.29, 1.82) is 0 Å². The van der Waals surface area contributed by atoms with Gasteiger partial charge in [-0.1, -0.05) is 60.8 Å². The van der Waals surface area contributed by atoms with Crippen LogP contribution in [-0.4, -0.2) is 23.7 Å². The highest BCUT2D eigenvalue weighted by Gasteiger charge is 2.51. The number of hydrogen-bond acceptors (Lipinski definition) is 3. The highest BCUT2D eigenvalue weighted by molar-refractivity contribution is 5.85. The Kier molecular flexibility index (Phi) is 10.2. The molecule has 23 heavy (non-hydrogen) atoms. The molecule has 0 radical (unpaired) electrons. The predicted octanol–water partition coefficient (Wildman–Crippen LogP) is 4.91. The summed E-state index contributed by atoms with van der Waals surface area (Å²) in [5.74, 6) is -1.77. The fourth-order valence-corrected chi connectivity index (χ4v) is 3.53. The Hall–Kier alpha value is -1.06. The number of rotatable bonds is 12. The Balaban J connectivity index is 5.72. The van der Waals surface area contributed by atoms with E-state index < -0.39 is 17.3 Å². The Labute approximate surface area is 142 Å². The molecule has 0 saturated carbocycles. The first-order valence-corrected chi connectivity index (χ1v) is 9.12. The zero-order valence-corrected chi connectivity index (χ0v) is 15.9. The summed E-state index contributed by atoms with van der Waals surface area (Å²) < 4.78 is 5.52. The molecule has 0 heterocycles. The van der Waals surface area contributed by atoms with Crippen LogP contribution < -0.4 is 0 Å². The summed E-state index contributed by atoms with van der Waals surface area (Å²) in [6.45, 7) is 12.3. The minimum Gasteiger partial charge on any atom is -0.481 e. The molecule has 4 nitrogen and oxygen atoms in total. The lowest BCUT2D eigenvalue weighted by Crippen LogP contribution is -2.47. The number of aliphatic carboxylic acids is 1. The molecule has 0 aliphatic rings. The van der Waals surface area contributed by atoms with E-state index in [-0.39, 0.29) is 17.8 Å². The summed E-state index contributed by atoms with van der Waals surface area (Å²) in [5, 5.41) is 9.80. The monoisotopic (exact) mass is 328 g/mol. The summed E-state index contributed by atoms with van der Waals surface area (Å²) in [4.78, 5) is 24.9. The third kappa shape index (κ3) is 6.52. The van der Waals surface area contributed by atoms with Gasteiger partial charge >= 0.3 is 11.9 Å². The Morgan fingerprint density at radius 2 is 1.61 bits per heavy atom. The number of carbonyl (C=O) groups excluding carboxylic acids is 1. The van der Waals surface area contributed by atoms with Crippen LogP contribution in [0.2, 0.25) is 0 Å². The molecule has 0 aliphatic carbocycles. The van der Waals surface area contributed by atoms with Gasteiger partial charge < -0.3 is 9.84 Å². The smallest absolute Gasteiger partial charge is 0.312 e. The Morgan fingerprint density at radius 3 is 2.00 bits per heavy atom. The first kappa shape index (κ1) is 21.9. The molecule has 0 spiro atoms. The maximum Gasteiger partial charge on any atom is 0.312 e. The molecule has 0 bridgehead atoms. The fourth-order valence-electron chi connectivity index (χ4n) is 3.53. The van der Waals surface area contributed by atoms with Crippen molar-refractivity contribution >= 4 is 11.9 Å². The average molecular weight is 328 g/mol. The van der Waals surface area contributed by atoms with Gasteiger partial charge in [0, 0.05) is 0 Å². The molecule has 0 fully saturated rings. The molecule has 4 heteroatoms. The zero-order chi connectivity index (χ0) is 18.0. The van der Waals surface area contributed by atoms with Crippen LogP contribution in [0.3, 0.4) is 0 Å². The number of unbranched alkanes of at least 4 members (excludes halogenated alkanes) is 2. The zero-order valence-electron chi connectivity index (χ0n) is 15.9. The highest BCUT2D eigenvalue weighted by atomic mass is 16.5. The van der Waals surface area contributed by atoms with Crippen molar-refractivity contribution in [3.63, 3.8) is 0 Å². The van der Waals surface area contributed by atoms with Crippen LogP contribution in [0.25, 0.3) is 0 Å². The van der Waals surface area contributed by atoms with E-state index >= 15 is 0 Å². The molecule has 0 rings (SSSR count). The maximum atomic E-state index is 12.9. The van der Waals surface area contributed by atoms with Gasteiger partial charge in [-0.05, 0) is 31.1 Å². The van der Waals surface area contributed by atoms with Gasteiger partial charge in [0.2, 0.25) is 0 Å². The molecular formula is C19H36O4. The third-order valence-electron chi connectivity index (χ3n) is 4.41. The highest BCUT2D eigenvalue weighted by Crippen LogP contribution is 2.44. The second-order valence-electron chi connectivity index (χ2n) is 7.41. The molecule has 0 aromatic heterocycles. The van der Waals surface area contributed by atoms with Crippen LogP contribution in [-0.2, 0) is 14.3 Å². The van der Waals surface area contributed by atoms with Crippen LogP contribution in [0.15, 0.2) is 0 Å². The minimum absolute atomic E-state index is 0.109. The standard InChI is InChI=1S/C19H36O4/c1-7-9-11-19(13-14(3)4,16(15(5)6)17(20)21)18(22)23-12-10-8-2/h14-16H,7-13H2,1-6H3,(H,20,21). The molecule has 0 aromatic carbocycles. The van der Waals surface area contributed by atoms with Gasteiger partial charge in [-0.3, -0.25) is 9.59 Å². The van der Waals surface area contributed by atoms with Gasteiger partial charge in [-0.25, -0.2) is 0 Å². The molecule has 0 aromatic rings. The fraction of sp³-hybridized carbons (Fsp3) is 0.895. The van der Waals surface area contributed by atoms with E-state index in [0.29, 0.717) is 19.4 Å². The first-order chi connectivity index (χ1) is 10.7. The summed E-state index contributed by atoms with van der Waals surface area (Å²) in [6.07, 6.45) is 4.69. The van der Waals surface area contributed by atoms with Crippen molar-refractivity contribution in [2.24, 2.45) is 23.2 Å². The van der Waals surface area contributed by atoms with Crippen molar-refractivity contribution in [2.75, 3.05) is 6.61 Å². The predicted molar refractivity (Wildman–Crippen MR) is 93.2 cm³/mol. The number of carboxylic acid groups (broad SMARTS) is 1. The van der Waals surface area contributed by atoms with Crippen LogP contribution in [0.5, 0.6) is 0 Å². The summed E-state index contributed by atoms with van der Waals surface area (Å²) in [6, 6.07) is 0. The maximum absolute atomic E-state index is 12.9. The van der Waals surface area contributed by atoms with Gasteiger partial charge in [-0.2, -0.15) is 0 Å². The lowest BCUT2D eigenvalue weighted by atomic mass is 9.63. The van der Waals surface area contributed by atoms with Crippen LogP contribution in [0.1, 0.15) is 80.1 Å². The topological polar surface area (TPSA) is 63.6 Å². The summed E-state index contributed by atoms with van der Waals surface area (Å²) in [7, 11) is 0. The molecule has 0 amide bonds. The van der Waals surface area contributed by atoms with Crippen LogP contribution in [0, 0.1) is 23.2 Å². The number of carbonyl (C=O) groups is 2. The molecule has 136 valence electrons. The van der Waals surface area contributed by atoms with E-state index in [0.717, 1.165) is 25.7 Å². The number of hydrogen-bond donors (Lipinski definition) is 1. The van der Waals surface area contributed by atoms with Crippen molar-refractivity contribution in [1.82, 2.24) is 0 Å². The number of esters is 1. The van der Waals surface area contributed by atoms with E-state index in [2.05, 4.69) is 6.92 Å². The number of carboxylic acids is 1. The van der Waals surface area contributed by atoms with Crippen molar-refractivity contribution in [3.05, 3.63) is 0 Å². The Morgan fingerprint density at radius 1 is 1.04 bits per heavy atom. The first-order valence-electron chi connectivity index (χ1n) is 9.12. The lowest BCUT2D eigenvalue weighted by molar-refractivity contribution is -0.172. The lowest BCUT2D eigenvalue weighted by Gasteiger charge is -2.40. The van der Waals surface area contributed by atoms with Crippen molar-refractivity contribution in [2.45, 2.75) is 80.1 Å². The van der Waals surface area contributed by atoms with Gasteiger partial charge in [0.05, 0.1) is 17.9 Å². The van der Waals surface area contributed by atoms with E-state index in [1.165, 1.54) is 0 Å².